The Kier molecular flexibility index (Phi) is 5.04. The zero-order valence-corrected chi connectivity index (χ0v) is 14.3. The van der Waals surface area contributed by atoms with E-state index in [9.17, 15) is 9.59 Å². The second kappa shape index (κ2) is 7.21. The van der Waals surface area contributed by atoms with Crippen LogP contribution < -0.4 is 15.0 Å². The summed E-state index contributed by atoms with van der Waals surface area (Å²) in [6.07, 6.45) is 1.53. The molecule has 0 unspecified atom stereocenters. The van der Waals surface area contributed by atoms with E-state index < -0.39 is 0 Å². The number of carbonyl (C=O) groups excluding carboxylic acids is 2. The van der Waals surface area contributed by atoms with Crippen molar-refractivity contribution in [2.75, 3.05) is 31.1 Å². The van der Waals surface area contributed by atoms with E-state index in [1.807, 2.05) is 29.2 Å². The number of anilines is 1. The Morgan fingerprint density at radius 2 is 1.88 bits per heavy atom. The summed E-state index contributed by atoms with van der Waals surface area (Å²) in [7, 11) is 0. The van der Waals surface area contributed by atoms with Gasteiger partial charge >= 0.3 is 0 Å². The van der Waals surface area contributed by atoms with Crippen LogP contribution in [0.3, 0.4) is 0 Å². The highest BCUT2D eigenvalue weighted by Gasteiger charge is 2.25. The minimum Gasteiger partial charge on any atom is -0.484 e. The molecule has 0 bridgehead atoms. The Labute approximate surface area is 142 Å². The zero-order chi connectivity index (χ0) is 17.1. The third kappa shape index (κ3) is 3.87. The maximum absolute atomic E-state index is 12.3. The average Bonchev–Trinajstić information content (AvgIpc) is 2.98. The fraction of sp³-hybridized carbons (Fsp3) is 0.556. The van der Waals surface area contributed by atoms with Gasteiger partial charge in [0.25, 0.3) is 5.91 Å². The van der Waals surface area contributed by atoms with Gasteiger partial charge in [0.2, 0.25) is 5.91 Å². The predicted octanol–water partition coefficient (Wildman–Crippen LogP) is 1.40. The largest absolute Gasteiger partial charge is 0.484 e. The first kappa shape index (κ1) is 16.8. The van der Waals surface area contributed by atoms with E-state index in [2.05, 4.69) is 19.2 Å². The van der Waals surface area contributed by atoms with Crippen LogP contribution in [0.25, 0.3) is 0 Å². The summed E-state index contributed by atoms with van der Waals surface area (Å²) >= 11 is 0. The smallest absolute Gasteiger partial charge is 0.260 e. The number of ether oxygens (including phenoxy) is 1. The second-order valence-corrected chi connectivity index (χ2v) is 6.70. The van der Waals surface area contributed by atoms with Gasteiger partial charge in [-0.25, -0.2) is 0 Å². The molecule has 0 aliphatic carbocycles. The van der Waals surface area contributed by atoms with Crippen LogP contribution in [0.4, 0.5) is 5.69 Å². The molecule has 0 aromatic heterocycles. The molecule has 24 heavy (non-hydrogen) atoms. The summed E-state index contributed by atoms with van der Waals surface area (Å²) in [5, 5.41) is 3.41. The summed E-state index contributed by atoms with van der Waals surface area (Å²) < 4.78 is 5.62. The maximum atomic E-state index is 12.3. The van der Waals surface area contributed by atoms with Crippen LogP contribution in [0.15, 0.2) is 24.3 Å². The highest BCUT2D eigenvalue weighted by Crippen LogP contribution is 2.23. The molecule has 2 aliphatic heterocycles. The molecule has 0 saturated carbocycles. The van der Waals surface area contributed by atoms with Gasteiger partial charge in [-0.1, -0.05) is 0 Å². The van der Waals surface area contributed by atoms with E-state index >= 15 is 0 Å². The van der Waals surface area contributed by atoms with Crippen LogP contribution in [0.5, 0.6) is 5.75 Å². The summed E-state index contributed by atoms with van der Waals surface area (Å²) in [5.41, 5.74) is 0.890. The van der Waals surface area contributed by atoms with E-state index in [-0.39, 0.29) is 18.4 Å². The minimum absolute atomic E-state index is 0.00833. The third-order valence-corrected chi connectivity index (χ3v) is 4.49. The lowest BCUT2D eigenvalue weighted by atomic mass is 10.1. The fourth-order valence-electron chi connectivity index (χ4n) is 3.41. The number of hydrogen-bond donors (Lipinski definition) is 1. The fourth-order valence-corrected chi connectivity index (χ4v) is 3.41. The molecule has 3 rings (SSSR count). The van der Waals surface area contributed by atoms with Gasteiger partial charge < -0.3 is 19.9 Å². The van der Waals surface area contributed by atoms with Crippen molar-refractivity contribution in [1.82, 2.24) is 10.2 Å². The summed E-state index contributed by atoms with van der Waals surface area (Å²) in [4.78, 5) is 27.7. The second-order valence-electron chi connectivity index (χ2n) is 6.70. The lowest BCUT2D eigenvalue weighted by Gasteiger charge is -2.36. The quantitative estimate of drug-likeness (QED) is 0.906. The van der Waals surface area contributed by atoms with E-state index in [0.29, 0.717) is 37.3 Å². The van der Waals surface area contributed by atoms with Gasteiger partial charge in [0.05, 0.1) is 0 Å². The number of nitrogens with one attached hydrogen (secondary N) is 1. The van der Waals surface area contributed by atoms with Gasteiger partial charge in [0.15, 0.2) is 6.61 Å². The third-order valence-electron chi connectivity index (χ3n) is 4.49. The number of nitrogens with zero attached hydrogens (tertiary/aromatic N) is 2. The molecule has 6 heteroatoms. The number of rotatable bonds is 4. The number of carbonyl (C=O) groups is 2. The lowest BCUT2D eigenvalue weighted by Crippen LogP contribution is -2.56. The average molecular weight is 331 g/mol. The molecule has 2 saturated heterocycles. The van der Waals surface area contributed by atoms with E-state index in [0.717, 1.165) is 18.7 Å². The lowest BCUT2D eigenvalue weighted by molar-refractivity contribution is -0.135. The molecule has 2 atom stereocenters. The van der Waals surface area contributed by atoms with Crippen molar-refractivity contribution in [1.29, 1.82) is 0 Å². The highest BCUT2D eigenvalue weighted by atomic mass is 16.5. The number of hydrogen-bond acceptors (Lipinski definition) is 4. The molecule has 2 fully saturated rings. The monoisotopic (exact) mass is 331 g/mol. The number of benzene rings is 1. The molecule has 6 nitrogen and oxygen atoms in total. The molecule has 1 aromatic rings. The van der Waals surface area contributed by atoms with Crippen molar-refractivity contribution in [3.63, 3.8) is 0 Å². The first-order chi connectivity index (χ1) is 11.5. The van der Waals surface area contributed by atoms with Gasteiger partial charge in [-0.05, 0) is 44.5 Å². The van der Waals surface area contributed by atoms with Crippen LogP contribution >= 0.6 is 0 Å². The molecule has 2 amide bonds. The van der Waals surface area contributed by atoms with Crippen LogP contribution in [-0.2, 0) is 9.59 Å². The van der Waals surface area contributed by atoms with Crippen molar-refractivity contribution < 1.29 is 14.3 Å². The van der Waals surface area contributed by atoms with E-state index in [1.165, 1.54) is 0 Å². The van der Waals surface area contributed by atoms with Crippen molar-refractivity contribution in [2.45, 2.75) is 38.8 Å². The van der Waals surface area contributed by atoms with Crippen LogP contribution in [0.1, 0.15) is 26.7 Å². The van der Waals surface area contributed by atoms with Crippen molar-refractivity contribution >= 4 is 17.5 Å². The van der Waals surface area contributed by atoms with Crippen LogP contribution in [0.2, 0.25) is 0 Å². The standard InChI is InChI=1S/C18H25N3O3/c1-13-10-20(11-14(2)19-13)18(23)12-24-16-7-5-15(6-8-16)21-9-3-4-17(21)22/h5-8,13-14,19H,3-4,9-12H2,1-2H3/t13-,14-/m1/s1. The zero-order valence-electron chi connectivity index (χ0n) is 14.3. The molecule has 1 N–H and O–H groups in total. The summed E-state index contributed by atoms with van der Waals surface area (Å²) in [6.45, 7) is 6.40. The summed E-state index contributed by atoms with van der Waals surface area (Å²) in [6, 6.07) is 7.98. The molecule has 2 heterocycles. The van der Waals surface area contributed by atoms with E-state index in [1.54, 1.807) is 4.90 Å². The molecule has 130 valence electrons. The summed E-state index contributed by atoms with van der Waals surface area (Å²) in [5.74, 6) is 0.824. The van der Waals surface area contributed by atoms with Crippen LogP contribution in [-0.4, -0.2) is 55.0 Å². The SMILES string of the molecule is C[C@@H]1CN(C(=O)COc2ccc(N3CCCC3=O)cc2)C[C@@H](C)N1. The highest BCUT2D eigenvalue weighted by molar-refractivity contribution is 5.95. The topological polar surface area (TPSA) is 61.9 Å². The number of piperazine rings is 1. The number of amides is 2. The Balaban J connectivity index is 1.53. The van der Waals surface area contributed by atoms with Crippen molar-refractivity contribution in [2.24, 2.45) is 0 Å². The van der Waals surface area contributed by atoms with Crippen LogP contribution in [0, 0.1) is 0 Å². The van der Waals surface area contributed by atoms with Gasteiger partial charge in [-0.3, -0.25) is 9.59 Å². The Bertz CT molecular complexity index is 592. The normalized spacial score (nSPS) is 24.3. The molecule has 2 aliphatic rings. The Morgan fingerprint density at radius 3 is 2.46 bits per heavy atom. The van der Waals surface area contributed by atoms with Gasteiger partial charge in [0, 0.05) is 43.8 Å². The Hall–Kier alpha value is -2.08. The van der Waals surface area contributed by atoms with Crippen molar-refractivity contribution in [3.8, 4) is 5.75 Å². The van der Waals surface area contributed by atoms with Gasteiger partial charge in [0.1, 0.15) is 5.75 Å². The van der Waals surface area contributed by atoms with E-state index in [4.69, 9.17) is 4.74 Å². The first-order valence-corrected chi connectivity index (χ1v) is 8.60. The maximum Gasteiger partial charge on any atom is 0.260 e. The predicted molar refractivity (Wildman–Crippen MR) is 92.2 cm³/mol. The minimum atomic E-state index is 0.00833. The molecular formula is C18H25N3O3. The van der Waals surface area contributed by atoms with Gasteiger partial charge in [-0.2, -0.15) is 0 Å². The van der Waals surface area contributed by atoms with Crippen molar-refractivity contribution in [3.05, 3.63) is 24.3 Å². The van der Waals surface area contributed by atoms with Gasteiger partial charge in [-0.15, -0.1) is 0 Å². The molecule has 0 radical (unpaired) electrons. The molecule has 0 spiro atoms. The molecule has 1 aromatic carbocycles. The molecular weight excluding hydrogens is 306 g/mol. The Morgan fingerprint density at radius 1 is 1.21 bits per heavy atom. The first-order valence-electron chi connectivity index (χ1n) is 8.60.